The van der Waals surface area contributed by atoms with Gasteiger partial charge in [0, 0.05) is 5.56 Å². The lowest BCUT2D eigenvalue weighted by molar-refractivity contribution is 0.193. The highest BCUT2D eigenvalue weighted by Gasteiger charge is 2.11. The Morgan fingerprint density at radius 1 is 1.00 bits per heavy atom. The number of aliphatic hydroxyl groups excluding tert-OH is 1. The first-order chi connectivity index (χ1) is 8.81. The number of ether oxygens (including phenoxy) is 1. The largest absolute Gasteiger partial charge is 0.489 e. The molecule has 0 saturated heterocycles. The van der Waals surface area contributed by atoms with Crippen molar-refractivity contribution in [3.05, 3.63) is 65.7 Å². The van der Waals surface area contributed by atoms with E-state index < -0.39 is 6.10 Å². The summed E-state index contributed by atoms with van der Waals surface area (Å²) < 4.78 is 5.73. The van der Waals surface area contributed by atoms with E-state index in [-0.39, 0.29) is 5.88 Å². The minimum atomic E-state index is -0.696. The molecule has 0 aliphatic rings. The summed E-state index contributed by atoms with van der Waals surface area (Å²) in [6.45, 7) is 0.479. The van der Waals surface area contributed by atoms with Gasteiger partial charge in [-0.3, -0.25) is 0 Å². The molecule has 94 valence electrons. The van der Waals surface area contributed by atoms with Crippen LogP contribution in [0.5, 0.6) is 5.75 Å². The fraction of sp³-hybridized carbons (Fsp3) is 0.200. The highest BCUT2D eigenvalue weighted by atomic mass is 35.5. The van der Waals surface area contributed by atoms with Crippen LogP contribution in [-0.2, 0) is 6.61 Å². The van der Waals surface area contributed by atoms with Gasteiger partial charge in [0.1, 0.15) is 12.4 Å². The zero-order valence-electron chi connectivity index (χ0n) is 9.92. The summed E-state index contributed by atoms with van der Waals surface area (Å²) in [6, 6.07) is 17.3. The quantitative estimate of drug-likeness (QED) is 0.836. The second-order valence-corrected chi connectivity index (χ2v) is 4.29. The first-order valence-electron chi connectivity index (χ1n) is 5.81. The standard InChI is InChI=1S/C15H15ClO2/c16-10-14(17)13-8-4-5-9-15(13)18-11-12-6-2-1-3-7-12/h1-9,14,17H,10-11H2. The Morgan fingerprint density at radius 2 is 1.67 bits per heavy atom. The molecule has 0 spiro atoms. The van der Waals surface area contributed by atoms with Crippen molar-refractivity contribution < 1.29 is 9.84 Å². The van der Waals surface area contributed by atoms with Crippen LogP contribution in [0.15, 0.2) is 54.6 Å². The van der Waals surface area contributed by atoms with E-state index in [2.05, 4.69) is 0 Å². The van der Waals surface area contributed by atoms with E-state index in [9.17, 15) is 5.11 Å². The van der Waals surface area contributed by atoms with E-state index in [1.165, 1.54) is 0 Å². The van der Waals surface area contributed by atoms with Crippen LogP contribution in [0.4, 0.5) is 0 Å². The van der Waals surface area contributed by atoms with Crippen molar-refractivity contribution in [1.29, 1.82) is 0 Å². The third kappa shape index (κ3) is 3.25. The molecule has 1 N–H and O–H groups in total. The van der Waals surface area contributed by atoms with Crippen molar-refractivity contribution in [3.63, 3.8) is 0 Å². The Hall–Kier alpha value is -1.51. The van der Waals surface area contributed by atoms with E-state index in [1.807, 2.05) is 54.6 Å². The molecule has 2 rings (SSSR count). The molecule has 0 saturated carbocycles. The molecule has 0 amide bonds. The SMILES string of the molecule is OC(CCl)c1ccccc1OCc1ccccc1. The van der Waals surface area contributed by atoms with Crippen molar-refractivity contribution in [1.82, 2.24) is 0 Å². The molecule has 0 aromatic heterocycles. The molecule has 0 radical (unpaired) electrons. The molecule has 18 heavy (non-hydrogen) atoms. The van der Waals surface area contributed by atoms with Crippen LogP contribution in [0, 0.1) is 0 Å². The average Bonchev–Trinajstić information content (AvgIpc) is 2.45. The van der Waals surface area contributed by atoms with Crippen LogP contribution in [0.1, 0.15) is 17.2 Å². The van der Waals surface area contributed by atoms with Gasteiger partial charge in [-0.15, -0.1) is 11.6 Å². The fourth-order valence-corrected chi connectivity index (χ4v) is 1.87. The molecule has 2 aromatic carbocycles. The van der Waals surface area contributed by atoms with Gasteiger partial charge in [0.15, 0.2) is 0 Å². The van der Waals surface area contributed by atoms with Crippen LogP contribution in [0.25, 0.3) is 0 Å². The minimum Gasteiger partial charge on any atom is -0.489 e. The lowest BCUT2D eigenvalue weighted by Crippen LogP contribution is -2.03. The highest BCUT2D eigenvalue weighted by Crippen LogP contribution is 2.26. The summed E-state index contributed by atoms with van der Waals surface area (Å²) in [7, 11) is 0. The molecule has 0 aliphatic heterocycles. The predicted octanol–water partition coefficient (Wildman–Crippen LogP) is 3.54. The average molecular weight is 263 g/mol. The maximum atomic E-state index is 9.80. The van der Waals surface area contributed by atoms with Gasteiger partial charge < -0.3 is 9.84 Å². The van der Waals surface area contributed by atoms with Crippen LogP contribution in [0.3, 0.4) is 0 Å². The Morgan fingerprint density at radius 3 is 2.39 bits per heavy atom. The van der Waals surface area contributed by atoms with Crippen molar-refractivity contribution in [2.45, 2.75) is 12.7 Å². The Labute approximate surface area is 112 Å². The number of alkyl halides is 1. The summed E-state index contributed by atoms with van der Waals surface area (Å²) in [5, 5.41) is 9.80. The van der Waals surface area contributed by atoms with Crippen LogP contribution in [-0.4, -0.2) is 11.0 Å². The van der Waals surface area contributed by atoms with Gasteiger partial charge in [-0.05, 0) is 11.6 Å². The van der Waals surface area contributed by atoms with Gasteiger partial charge in [0.05, 0.1) is 12.0 Å². The second-order valence-electron chi connectivity index (χ2n) is 3.98. The van der Waals surface area contributed by atoms with Crippen LogP contribution < -0.4 is 4.74 Å². The van der Waals surface area contributed by atoms with Gasteiger partial charge >= 0.3 is 0 Å². The third-order valence-electron chi connectivity index (χ3n) is 2.66. The van der Waals surface area contributed by atoms with Crippen molar-refractivity contribution in [2.24, 2.45) is 0 Å². The zero-order valence-corrected chi connectivity index (χ0v) is 10.7. The summed E-state index contributed by atoms with van der Waals surface area (Å²) in [5.74, 6) is 0.834. The zero-order chi connectivity index (χ0) is 12.8. The van der Waals surface area contributed by atoms with E-state index in [4.69, 9.17) is 16.3 Å². The molecule has 3 heteroatoms. The van der Waals surface area contributed by atoms with Gasteiger partial charge in [-0.2, -0.15) is 0 Å². The van der Waals surface area contributed by atoms with E-state index in [1.54, 1.807) is 0 Å². The summed E-state index contributed by atoms with van der Waals surface area (Å²) in [5.41, 5.74) is 1.82. The monoisotopic (exact) mass is 262 g/mol. The smallest absolute Gasteiger partial charge is 0.125 e. The number of hydrogen-bond donors (Lipinski definition) is 1. The first kappa shape index (κ1) is 12.9. The summed E-state index contributed by atoms with van der Waals surface area (Å²) in [6.07, 6.45) is -0.696. The number of rotatable bonds is 5. The number of halogens is 1. The normalized spacial score (nSPS) is 12.1. The van der Waals surface area contributed by atoms with Gasteiger partial charge in [-0.25, -0.2) is 0 Å². The number of para-hydroxylation sites is 1. The fourth-order valence-electron chi connectivity index (χ4n) is 1.71. The van der Waals surface area contributed by atoms with E-state index in [0.717, 1.165) is 11.1 Å². The van der Waals surface area contributed by atoms with E-state index in [0.29, 0.717) is 12.4 Å². The molecule has 0 aliphatic carbocycles. The molecule has 1 atom stereocenters. The maximum absolute atomic E-state index is 9.80. The molecule has 0 bridgehead atoms. The Balaban J connectivity index is 2.10. The van der Waals surface area contributed by atoms with Gasteiger partial charge in [-0.1, -0.05) is 48.5 Å². The first-order valence-corrected chi connectivity index (χ1v) is 6.34. The Kier molecular flexibility index (Phi) is 4.62. The summed E-state index contributed by atoms with van der Waals surface area (Å²) >= 11 is 5.67. The molecule has 0 fully saturated rings. The second kappa shape index (κ2) is 6.43. The summed E-state index contributed by atoms with van der Waals surface area (Å²) in [4.78, 5) is 0. The number of hydrogen-bond acceptors (Lipinski definition) is 2. The molecule has 0 heterocycles. The molecule has 1 unspecified atom stereocenters. The van der Waals surface area contributed by atoms with Gasteiger partial charge in [0.25, 0.3) is 0 Å². The highest BCUT2D eigenvalue weighted by molar-refractivity contribution is 6.18. The lowest BCUT2D eigenvalue weighted by Gasteiger charge is -2.14. The van der Waals surface area contributed by atoms with E-state index >= 15 is 0 Å². The minimum absolute atomic E-state index is 0.158. The van der Waals surface area contributed by atoms with Crippen LogP contribution in [0.2, 0.25) is 0 Å². The van der Waals surface area contributed by atoms with Crippen molar-refractivity contribution >= 4 is 11.6 Å². The van der Waals surface area contributed by atoms with Crippen LogP contribution >= 0.6 is 11.6 Å². The molecular weight excluding hydrogens is 248 g/mol. The topological polar surface area (TPSA) is 29.5 Å². The molecule has 2 aromatic rings. The van der Waals surface area contributed by atoms with Crippen molar-refractivity contribution in [2.75, 3.05) is 5.88 Å². The molecular formula is C15H15ClO2. The third-order valence-corrected chi connectivity index (χ3v) is 2.95. The predicted molar refractivity (Wildman–Crippen MR) is 72.9 cm³/mol. The maximum Gasteiger partial charge on any atom is 0.125 e. The Bertz CT molecular complexity index is 485. The number of benzene rings is 2. The van der Waals surface area contributed by atoms with Gasteiger partial charge in [0.2, 0.25) is 0 Å². The molecule has 2 nitrogen and oxygen atoms in total. The van der Waals surface area contributed by atoms with Crippen molar-refractivity contribution in [3.8, 4) is 5.75 Å². The number of aliphatic hydroxyl groups is 1. The lowest BCUT2D eigenvalue weighted by atomic mass is 10.1.